The summed E-state index contributed by atoms with van der Waals surface area (Å²) in [5, 5.41) is 11.9. The molecule has 0 aliphatic carbocycles. The van der Waals surface area contributed by atoms with E-state index in [-0.39, 0.29) is 11.7 Å². The van der Waals surface area contributed by atoms with Gasteiger partial charge in [0.15, 0.2) is 11.0 Å². The van der Waals surface area contributed by atoms with Gasteiger partial charge in [-0.1, -0.05) is 41.7 Å². The van der Waals surface area contributed by atoms with Crippen LogP contribution in [0, 0.1) is 6.92 Å². The number of hydrogen-bond acceptors (Lipinski definition) is 6. The van der Waals surface area contributed by atoms with Crippen LogP contribution in [0.25, 0.3) is 17.1 Å². The summed E-state index contributed by atoms with van der Waals surface area (Å²) < 4.78 is 32.2. The molecule has 2 aromatic heterocycles. The summed E-state index contributed by atoms with van der Waals surface area (Å²) in [5.74, 6) is -1.28. The van der Waals surface area contributed by atoms with Gasteiger partial charge in [-0.2, -0.15) is 8.78 Å². The van der Waals surface area contributed by atoms with E-state index in [1.165, 1.54) is 11.8 Å². The predicted molar refractivity (Wildman–Crippen MR) is 121 cm³/mol. The number of aryl methyl sites for hydroxylation is 1. The maximum atomic E-state index is 12.5. The summed E-state index contributed by atoms with van der Waals surface area (Å²) in [7, 11) is 0. The van der Waals surface area contributed by atoms with E-state index in [1.807, 2.05) is 47.9 Å². The summed E-state index contributed by atoms with van der Waals surface area (Å²) in [4.78, 5) is 12.9. The van der Waals surface area contributed by atoms with Crippen LogP contribution in [-0.4, -0.2) is 32.2 Å². The Labute approximate surface area is 191 Å². The molecule has 164 valence electrons. The lowest BCUT2D eigenvalue weighted by Crippen LogP contribution is -2.14. The van der Waals surface area contributed by atoms with Crippen LogP contribution in [0.4, 0.5) is 14.5 Å². The Morgan fingerprint density at radius 2 is 1.84 bits per heavy atom. The lowest BCUT2D eigenvalue weighted by Gasteiger charge is -2.10. The second kappa shape index (κ2) is 10.0. The molecule has 0 aliphatic heterocycles. The third-order valence-electron chi connectivity index (χ3n) is 4.44. The molecule has 10 heteroatoms. The van der Waals surface area contributed by atoms with E-state index >= 15 is 0 Å². The molecule has 32 heavy (non-hydrogen) atoms. The molecule has 4 rings (SSSR count). The number of carbonyl (C=O) groups excluding carboxylic acids is 1. The number of benzene rings is 2. The van der Waals surface area contributed by atoms with Gasteiger partial charge in [-0.15, -0.1) is 10.2 Å². The van der Waals surface area contributed by atoms with E-state index in [4.69, 9.17) is 4.42 Å². The number of carbonyl (C=O) groups is 1. The Balaban J connectivity index is 1.49. The molecule has 0 saturated heterocycles. The first-order valence-corrected chi connectivity index (χ1v) is 11.4. The Hall–Kier alpha value is -3.11. The van der Waals surface area contributed by atoms with Gasteiger partial charge in [-0.05, 0) is 49.4 Å². The molecule has 6 nitrogen and oxygen atoms in total. The second-order valence-corrected chi connectivity index (χ2v) is 8.61. The zero-order valence-electron chi connectivity index (χ0n) is 16.9. The van der Waals surface area contributed by atoms with Crippen LogP contribution in [0.1, 0.15) is 5.76 Å². The molecular formula is C22H18F2N4O2S2. The molecule has 4 aromatic rings. The van der Waals surface area contributed by atoms with Crippen LogP contribution in [0.15, 0.2) is 81.4 Å². The fourth-order valence-electron chi connectivity index (χ4n) is 3.01. The Bertz CT molecular complexity index is 1190. The van der Waals surface area contributed by atoms with E-state index in [9.17, 15) is 13.6 Å². The summed E-state index contributed by atoms with van der Waals surface area (Å²) in [6, 6.07) is 17.7. The van der Waals surface area contributed by atoms with Crippen molar-refractivity contribution in [2.24, 2.45) is 0 Å². The number of para-hydroxylation sites is 1. The highest BCUT2D eigenvalue weighted by atomic mass is 32.2. The van der Waals surface area contributed by atoms with E-state index < -0.39 is 5.76 Å². The minimum Gasteiger partial charge on any atom is -0.469 e. The van der Waals surface area contributed by atoms with Crippen molar-refractivity contribution in [3.63, 3.8) is 0 Å². The van der Waals surface area contributed by atoms with Crippen molar-refractivity contribution in [1.82, 2.24) is 14.8 Å². The van der Waals surface area contributed by atoms with Gasteiger partial charge in [-0.3, -0.25) is 9.36 Å². The minimum atomic E-state index is -2.48. The molecule has 1 amide bonds. The number of alkyl halides is 2. The van der Waals surface area contributed by atoms with E-state index in [1.54, 1.807) is 30.5 Å². The highest BCUT2D eigenvalue weighted by Crippen LogP contribution is 2.30. The van der Waals surface area contributed by atoms with Crippen LogP contribution in [0.2, 0.25) is 0 Å². The first-order valence-electron chi connectivity index (χ1n) is 9.54. The number of furan rings is 1. The van der Waals surface area contributed by atoms with Gasteiger partial charge in [0, 0.05) is 16.3 Å². The molecular weight excluding hydrogens is 454 g/mol. The number of halogens is 2. The second-order valence-electron chi connectivity index (χ2n) is 6.61. The van der Waals surface area contributed by atoms with Crippen molar-refractivity contribution < 1.29 is 18.0 Å². The SMILES string of the molecule is Cc1occc1-c1nnc(SCC(=O)Nc2ccc(SC(F)F)cc2)n1-c1ccccc1. The lowest BCUT2D eigenvalue weighted by atomic mass is 10.2. The zero-order chi connectivity index (χ0) is 22.5. The Kier molecular flexibility index (Phi) is 6.91. The van der Waals surface area contributed by atoms with E-state index in [2.05, 4.69) is 15.5 Å². The predicted octanol–water partition coefficient (Wildman–Crippen LogP) is 5.88. The fourth-order valence-corrected chi connectivity index (χ4v) is 4.26. The largest absolute Gasteiger partial charge is 0.469 e. The van der Waals surface area contributed by atoms with Crippen molar-refractivity contribution >= 4 is 35.1 Å². The van der Waals surface area contributed by atoms with Crippen LogP contribution >= 0.6 is 23.5 Å². The smallest absolute Gasteiger partial charge is 0.288 e. The normalized spacial score (nSPS) is 11.1. The maximum absolute atomic E-state index is 12.5. The van der Waals surface area contributed by atoms with Gasteiger partial charge in [-0.25, -0.2) is 0 Å². The molecule has 0 spiro atoms. The van der Waals surface area contributed by atoms with E-state index in [0.717, 1.165) is 17.0 Å². The fraction of sp³-hybridized carbons (Fsp3) is 0.136. The van der Waals surface area contributed by atoms with Crippen molar-refractivity contribution in [2.75, 3.05) is 11.1 Å². The van der Waals surface area contributed by atoms with Crippen LogP contribution < -0.4 is 5.32 Å². The molecule has 2 aromatic carbocycles. The standard InChI is InChI=1S/C22H18F2N4O2S2/c1-14-18(11-12-30-14)20-26-27-22(28(20)16-5-3-2-4-6-16)31-13-19(29)25-15-7-9-17(10-8-15)32-21(23)24/h2-12,21H,13H2,1H3,(H,25,29). The molecule has 0 aliphatic rings. The summed E-state index contributed by atoms with van der Waals surface area (Å²) >= 11 is 1.71. The van der Waals surface area contributed by atoms with Crippen molar-refractivity contribution in [1.29, 1.82) is 0 Å². The maximum Gasteiger partial charge on any atom is 0.288 e. The lowest BCUT2D eigenvalue weighted by molar-refractivity contribution is -0.113. The molecule has 0 radical (unpaired) electrons. The number of nitrogens with one attached hydrogen (secondary N) is 1. The number of hydrogen-bond donors (Lipinski definition) is 1. The van der Waals surface area contributed by atoms with Crippen LogP contribution in [-0.2, 0) is 4.79 Å². The van der Waals surface area contributed by atoms with Crippen molar-refractivity contribution in [3.05, 3.63) is 72.7 Å². The van der Waals surface area contributed by atoms with Crippen LogP contribution in [0.5, 0.6) is 0 Å². The third kappa shape index (κ3) is 5.20. The number of nitrogens with zero attached hydrogens (tertiary/aromatic N) is 3. The molecule has 0 atom stereocenters. The molecule has 1 N–H and O–H groups in total. The molecule has 0 unspecified atom stereocenters. The van der Waals surface area contributed by atoms with Gasteiger partial charge in [0.1, 0.15) is 5.76 Å². The number of thioether (sulfide) groups is 2. The first kappa shape index (κ1) is 22.1. The summed E-state index contributed by atoms with van der Waals surface area (Å²) in [6.07, 6.45) is 1.60. The monoisotopic (exact) mass is 472 g/mol. The molecule has 2 heterocycles. The summed E-state index contributed by atoms with van der Waals surface area (Å²) in [5.41, 5.74) is 2.22. The molecule has 0 saturated carbocycles. The quantitative estimate of drug-likeness (QED) is 0.323. The van der Waals surface area contributed by atoms with Gasteiger partial charge < -0.3 is 9.73 Å². The third-order valence-corrected chi connectivity index (χ3v) is 6.09. The summed E-state index contributed by atoms with van der Waals surface area (Å²) in [6.45, 7) is 1.85. The zero-order valence-corrected chi connectivity index (χ0v) is 18.5. The minimum absolute atomic E-state index is 0.100. The van der Waals surface area contributed by atoms with Crippen molar-refractivity contribution in [3.8, 4) is 17.1 Å². The van der Waals surface area contributed by atoms with Gasteiger partial charge in [0.2, 0.25) is 5.91 Å². The number of aromatic nitrogens is 3. The number of amides is 1. The number of anilines is 1. The van der Waals surface area contributed by atoms with E-state index in [0.29, 0.717) is 33.3 Å². The van der Waals surface area contributed by atoms with Gasteiger partial charge in [0.05, 0.1) is 17.6 Å². The average Bonchev–Trinajstić information content (AvgIpc) is 3.39. The Morgan fingerprint density at radius 3 is 2.50 bits per heavy atom. The topological polar surface area (TPSA) is 72.9 Å². The molecule has 0 bridgehead atoms. The van der Waals surface area contributed by atoms with Gasteiger partial charge >= 0.3 is 0 Å². The van der Waals surface area contributed by atoms with Gasteiger partial charge in [0.25, 0.3) is 5.76 Å². The van der Waals surface area contributed by atoms with Crippen LogP contribution in [0.3, 0.4) is 0 Å². The Morgan fingerprint density at radius 1 is 1.09 bits per heavy atom. The highest BCUT2D eigenvalue weighted by Gasteiger charge is 2.19. The first-order chi connectivity index (χ1) is 15.5. The number of rotatable bonds is 8. The van der Waals surface area contributed by atoms with Crippen molar-refractivity contribution in [2.45, 2.75) is 22.7 Å². The molecule has 0 fully saturated rings. The highest BCUT2D eigenvalue weighted by molar-refractivity contribution is 8.00. The average molecular weight is 473 g/mol.